The van der Waals surface area contributed by atoms with E-state index in [1.54, 1.807) is 0 Å². The molecule has 0 aliphatic carbocycles. The Morgan fingerprint density at radius 2 is 0.935 bits per heavy atom. The van der Waals surface area contributed by atoms with E-state index in [9.17, 15) is 0 Å². The van der Waals surface area contributed by atoms with Crippen molar-refractivity contribution in [1.29, 1.82) is 0 Å². The van der Waals surface area contributed by atoms with Gasteiger partial charge in [-0.25, -0.2) is 9.36 Å². The number of aryl methyl sites for hydroxylation is 2. The number of anilines is 3. The summed E-state index contributed by atoms with van der Waals surface area (Å²) in [6.07, 6.45) is 0. The molecule has 5 heteroatoms. The van der Waals surface area contributed by atoms with Crippen molar-refractivity contribution in [1.82, 2.24) is 19.6 Å². The maximum absolute atomic E-state index is 5.01. The van der Waals surface area contributed by atoms with Gasteiger partial charge in [0.05, 0.1) is 50.9 Å². The predicted octanol–water partition coefficient (Wildman–Crippen LogP) is 10.4. The largest absolute Gasteiger partial charge is 0.309 e. The summed E-state index contributed by atoms with van der Waals surface area (Å²) in [5.41, 5.74) is 15.1. The van der Waals surface area contributed by atoms with Gasteiger partial charge in [0.2, 0.25) is 0 Å². The Morgan fingerprint density at radius 1 is 0.500 bits per heavy atom. The van der Waals surface area contributed by atoms with Crippen molar-refractivity contribution in [3.05, 3.63) is 137 Å². The van der Waals surface area contributed by atoms with E-state index >= 15 is 0 Å². The molecular weight excluding hydrogens is 562 g/mol. The Labute approximate surface area is 270 Å². The van der Waals surface area contributed by atoms with E-state index < -0.39 is 0 Å². The Morgan fingerprint density at radius 3 is 1.39 bits per heavy atom. The summed E-state index contributed by atoms with van der Waals surface area (Å²) >= 11 is 0. The van der Waals surface area contributed by atoms with Crippen LogP contribution in [-0.2, 0) is 10.8 Å². The van der Waals surface area contributed by atoms with Gasteiger partial charge in [0.15, 0.2) is 0 Å². The van der Waals surface area contributed by atoms with E-state index in [1.165, 1.54) is 50.1 Å². The van der Waals surface area contributed by atoms with Gasteiger partial charge >= 0.3 is 0 Å². The van der Waals surface area contributed by atoms with Gasteiger partial charge in [0.25, 0.3) is 0 Å². The highest BCUT2D eigenvalue weighted by molar-refractivity contribution is 5.94. The van der Waals surface area contributed by atoms with Crippen LogP contribution < -0.4 is 4.90 Å². The van der Waals surface area contributed by atoms with Gasteiger partial charge in [-0.15, -0.1) is 0 Å². The summed E-state index contributed by atoms with van der Waals surface area (Å²) in [5, 5.41) is 12.4. The minimum absolute atomic E-state index is 0. The first-order chi connectivity index (χ1) is 21.7. The summed E-state index contributed by atoms with van der Waals surface area (Å²) in [6, 6.07) is 37.7. The molecule has 0 unspecified atom stereocenters. The van der Waals surface area contributed by atoms with Gasteiger partial charge < -0.3 is 4.90 Å². The van der Waals surface area contributed by atoms with Crippen molar-refractivity contribution in [3.63, 3.8) is 0 Å². The monoisotopic (exact) mass is 601 g/mol. The fourth-order valence-corrected chi connectivity index (χ4v) is 8.02. The first-order valence-electron chi connectivity index (χ1n) is 15.8. The van der Waals surface area contributed by atoms with Crippen LogP contribution in [0.4, 0.5) is 17.1 Å². The van der Waals surface area contributed by atoms with Crippen LogP contribution in [0.15, 0.2) is 103 Å². The summed E-state index contributed by atoms with van der Waals surface area (Å²) in [5.74, 6) is 0. The third-order valence-electron chi connectivity index (χ3n) is 10.4. The third-order valence-corrected chi connectivity index (χ3v) is 10.4. The van der Waals surface area contributed by atoms with Crippen molar-refractivity contribution in [2.24, 2.45) is 0 Å². The Hall–Kier alpha value is -5.16. The molecule has 0 atom stereocenters. The molecule has 5 nitrogen and oxygen atoms in total. The first kappa shape index (κ1) is 28.3. The minimum atomic E-state index is -0.182. The molecule has 0 N–H and O–H groups in total. The van der Waals surface area contributed by atoms with E-state index in [4.69, 9.17) is 10.2 Å². The number of nitrogens with zero attached hydrogens (tertiary/aromatic N) is 5. The number of hydrogen-bond donors (Lipinski definition) is 0. The molecule has 0 saturated carbocycles. The van der Waals surface area contributed by atoms with E-state index in [-0.39, 0.29) is 18.3 Å². The van der Waals surface area contributed by atoms with E-state index in [1.807, 2.05) is 0 Å². The molecular formula is C41H39N5. The molecule has 2 aliphatic rings. The number of aromatic nitrogens is 4. The van der Waals surface area contributed by atoms with Gasteiger partial charge in [-0.3, -0.25) is 0 Å². The average molecular weight is 602 g/mol. The molecule has 0 fully saturated rings. The fraction of sp³-hybridized carbons (Fsp3) is 0.220. The molecule has 0 bridgehead atoms. The van der Waals surface area contributed by atoms with Crippen LogP contribution in [0, 0.1) is 13.8 Å². The number of rotatable bonds is 2. The lowest BCUT2D eigenvalue weighted by Crippen LogP contribution is -2.38. The molecule has 9 rings (SSSR count). The second kappa shape index (κ2) is 9.43. The number of benzene rings is 5. The molecule has 2 aromatic heterocycles. The summed E-state index contributed by atoms with van der Waals surface area (Å²) in [7, 11) is 0. The zero-order valence-corrected chi connectivity index (χ0v) is 26.6. The molecule has 4 heterocycles. The van der Waals surface area contributed by atoms with Crippen LogP contribution in [0.3, 0.4) is 0 Å². The van der Waals surface area contributed by atoms with E-state index in [0.717, 1.165) is 33.8 Å². The normalized spacial score (nSPS) is 15.3. The standard InChI is InChI=1S/C40H35N5.CH4/c1-24-28-12-7-9-16-34(28)44(41-24)26-18-20-30-36(22-26)43-37-23-27(45-35-17-10-8-13-29(35)25(2)42-45)19-21-31(37)40(5,6)33-15-11-14-32(38(33)43)39(30,3)4;/h7-23H,1-6H3;1H4. The number of fused-ring (bicyclic) bond motifs is 6. The summed E-state index contributed by atoms with van der Waals surface area (Å²) < 4.78 is 4.20. The van der Waals surface area contributed by atoms with Crippen molar-refractivity contribution in [2.45, 2.75) is 59.8 Å². The average Bonchev–Trinajstić information content (AvgIpc) is 3.57. The van der Waals surface area contributed by atoms with Crippen molar-refractivity contribution >= 4 is 38.9 Å². The molecule has 7 aromatic rings. The third kappa shape index (κ3) is 3.57. The zero-order valence-electron chi connectivity index (χ0n) is 26.6. The smallest absolute Gasteiger partial charge is 0.0743 e. The van der Waals surface area contributed by atoms with E-state index in [2.05, 4.69) is 159 Å². The number of hydrogen-bond acceptors (Lipinski definition) is 3. The van der Waals surface area contributed by atoms with Crippen LogP contribution in [0.1, 0.15) is 68.8 Å². The quantitative estimate of drug-likeness (QED) is 0.198. The van der Waals surface area contributed by atoms with Gasteiger partial charge in [-0.1, -0.05) is 102 Å². The van der Waals surface area contributed by atoms with Crippen molar-refractivity contribution in [3.8, 4) is 11.4 Å². The van der Waals surface area contributed by atoms with Crippen LogP contribution in [0.5, 0.6) is 0 Å². The zero-order chi connectivity index (χ0) is 30.8. The Balaban J connectivity index is 0.00000312. The minimum Gasteiger partial charge on any atom is -0.309 e. The Kier molecular flexibility index (Phi) is 5.81. The molecule has 46 heavy (non-hydrogen) atoms. The number of para-hydroxylation sites is 3. The predicted molar refractivity (Wildman–Crippen MR) is 191 cm³/mol. The maximum Gasteiger partial charge on any atom is 0.0743 e. The first-order valence-corrected chi connectivity index (χ1v) is 15.8. The van der Waals surface area contributed by atoms with Gasteiger partial charge in [-0.2, -0.15) is 10.2 Å². The highest BCUT2D eigenvalue weighted by atomic mass is 15.3. The lowest BCUT2D eigenvalue weighted by atomic mass is 9.66. The highest BCUT2D eigenvalue weighted by Crippen LogP contribution is 2.60. The lowest BCUT2D eigenvalue weighted by molar-refractivity contribution is 0.597. The van der Waals surface area contributed by atoms with Crippen molar-refractivity contribution in [2.75, 3.05) is 4.90 Å². The summed E-state index contributed by atoms with van der Waals surface area (Å²) in [6.45, 7) is 13.6. The summed E-state index contributed by atoms with van der Waals surface area (Å²) in [4.78, 5) is 2.52. The molecule has 2 aliphatic heterocycles. The van der Waals surface area contributed by atoms with E-state index in [0.29, 0.717) is 0 Å². The van der Waals surface area contributed by atoms with Crippen LogP contribution >= 0.6 is 0 Å². The molecule has 0 spiro atoms. The topological polar surface area (TPSA) is 38.9 Å². The van der Waals surface area contributed by atoms with Gasteiger partial charge in [0, 0.05) is 21.6 Å². The molecule has 0 radical (unpaired) electrons. The maximum atomic E-state index is 5.01. The molecule has 228 valence electrons. The highest BCUT2D eigenvalue weighted by Gasteiger charge is 2.45. The van der Waals surface area contributed by atoms with Crippen LogP contribution in [0.2, 0.25) is 0 Å². The van der Waals surface area contributed by atoms with Crippen LogP contribution in [-0.4, -0.2) is 19.6 Å². The molecule has 0 saturated heterocycles. The van der Waals surface area contributed by atoms with Crippen molar-refractivity contribution < 1.29 is 0 Å². The SMILES string of the molecule is C.Cc1nn(-c2ccc3c(c2)N2c4cc(-n5nc(C)c6ccccc65)ccc4C(C)(C)c4cccc(c42)C3(C)C)c2ccccc12. The lowest BCUT2D eigenvalue weighted by Gasteiger charge is -2.49. The van der Waals surface area contributed by atoms with Crippen LogP contribution in [0.25, 0.3) is 33.2 Å². The molecule has 5 aromatic carbocycles. The second-order valence-corrected chi connectivity index (χ2v) is 13.7. The van der Waals surface area contributed by atoms with Gasteiger partial charge in [-0.05, 0) is 72.5 Å². The fourth-order valence-electron chi connectivity index (χ4n) is 8.02. The second-order valence-electron chi connectivity index (χ2n) is 13.7. The molecule has 0 amide bonds. The van der Waals surface area contributed by atoms with Gasteiger partial charge in [0.1, 0.15) is 0 Å². The Bertz CT molecular complexity index is 2210.